The number of nitrogens with one attached hydrogen (secondary N) is 1. The van der Waals surface area contributed by atoms with Crippen molar-refractivity contribution in [3.05, 3.63) is 29.6 Å². The molecule has 2 N–H and O–H groups in total. The molecule has 21 heavy (non-hydrogen) atoms. The number of benzene rings is 1. The van der Waals surface area contributed by atoms with Crippen molar-refractivity contribution >= 4 is 5.91 Å². The van der Waals surface area contributed by atoms with Crippen molar-refractivity contribution in [1.29, 1.82) is 0 Å². The molecule has 4 nitrogen and oxygen atoms in total. The molecule has 1 aliphatic rings. The molecule has 116 valence electrons. The van der Waals surface area contributed by atoms with E-state index in [2.05, 4.69) is 5.32 Å². The molecule has 0 saturated carbocycles. The standard InChI is InChI=1S/C16H22FNO3/c1-16(2,10-19)7-4-8-18-15(20)13-9-11-5-3-6-12(17)14(11)21-13/h3,5-6,13,19H,4,7-10H2,1-2H3,(H,18,20)/t13-/m0/s1. The number of rotatable bonds is 6. The Morgan fingerprint density at radius 3 is 2.95 bits per heavy atom. The van der Waals surface area contributed by atoms with Crippen LogP contribution in [0, 0.1) is 11.2 Å². The van der Waals surface area contributed by atoms with Gasteiger partial charge in [0.15, 0.2) is 17.7 Å². The van der Waals surface area contributed by atoms with Gasteiger partial charge < -0.3 is 15.2 Å². The first-order valence-corrected chi connectivity index (χ1v) is 7.25. The molecule has 0 bridgehead atoms. The number of carbonyl (C=O) groups excluding carboxylic acids is 1. The summed E-state index contributed by atoms with van der Waals surface area (Å²) < 4.78 is 18.9. The van der Waals surface area contributed by atoms with Gasteiger partial charge in [0.1, 0.15) is 0 Å². The van der Waals surface area contributed by atoms with E-state index in [4.69, 9.17) is 9.84 Å². The molecule has 0 saturated heterocycles. The van der Waals surface area contributed by atoms with E-state index in [9.17, 15) is 9.18 Å². The fraction of sp³-hybridized carbons (Fsp3) is 0.562. The number of hydrogen-bond acceptors (Lipinski definition) is 3. The summed E-state index contributed by atoms with van der Waals surface area (Å²) >= 11 is 0. The van der Waals surface area contributed by atoms with Crippen LogP contribution >= 0.6 is 0 Å². The molecular weight excluding hydrogens is 273 g/mol. The minimum Gasteiger partial charge on any atom is -0.477 e. The Morgan fingerprint density at radius 1 is 1.52 bits per heavy atom. The second kappa shape index (κ2) is 6.43. The summed E-state index contributed by atoms with van der Waals surface area (Å²) in [6.07, 6.45) is 1.36. The number of aliphatic hydroxyl groups is 1. The van der Waals surface area contributed by atoms with Crippen LogP contribution in [0.3, 0.4) is 0 Å². The van der Waals surface area contributed by atoms with Crippen molar-refractivity contribution in [3.8, 4) is 5.75 Å². The van der Waals surface area contributed by atoms with Gasteiger partial charge in [-0.3, -0.25) is 4.79 Å². The van der Waals surface area contributed by atoms with Crippen molar-refractivity contribution < 1.29 is 19.0 Å². The average molecular weight is 295 g/mol. The van der Waals surface area contributed by atoms with Crippen LogP contribution in [0.25, 0.3) is 0 Å². The summed E-state index contributed by atoms with van der Waals surface area (Å²) in [7, 11) is 0. The first-order chi connectivity index (χ1) is 9.93. The van der Waals surface area contributed by atoms with Gasteiger partial charge in [-0.15, -0.1) is 0 Å². The largest absolute Gasteiger partial charge is 0.477 e. The van der Waals surface area contributed by atoms with Crippen LogP contribution in [0.15, 0.2) is 18.2 Å². The lowest BCUT2D eigenvalue weighted by molar-refractivity contribution is -0.127. The number of para-hydroxylation sites is 1. The normalized spacial score (nSPS) is 17.2. The highest BCUT2D eigenvalue weighted by molar-refractivity contribution is 5.82. The first kappa shape index (κ1) is 15.8. The smallest absolute Gasteiger partial charge is 0.261 e. The second-order valence-electron chi connectivity index (χ2n) is 6.26. The molecule has 1 atom stereocenters. The van der Waals surface area contributed by atoms with Crippen molar-refractivity contribution in [3.63, 3.8) is 0 Å². The molecule has 0 aliphatic carbocycles. The summed E-state index contributed by atoms with van der Waals surface area (Å²) in [5, 5.41) is 12.0. The summed E-state index contributed by atoms with van der Waals surface area (Å²) in [6.45, 7) is 4.62. The van der Waals surface area contributed by atoms with Crippen LogP contribution < -0.4 is 10.1 Å². The van der Waals surface area contributed by atoms with Crippen molar-refractivity contribution in [2.24, 2.45) is 5.41 Å². The predicted molar refractivity (Wildman–Crippen MR) is 77.6 cm³/mol. The molecule has 0 spiro atoms. The highest BCUT2D eigenvalue weighted by atomic mass is 19.1. The zero-order valence-electron chi connectivity index (χ0n) is 12.5. The van der Waals surface area contributed by atoms with Crippen LogP contribution in [-0.2, 0) is 11.2 Å². The molecule has 1 aliphatic heterocycles. The van der Waals surface area contributed by atoms with Crippen LogP contribution in [0.5, 0.6) is 5.75 Å². The third-order valence-electron chi connectivity index (χ3n) is 3.76. The van der Waals surface area contributed by atoms with Crippen LogP contribution in [0.1, 0.15) is 32.3 Å². The second-order valence-corrected chi connectivity index (χ2v) is 6.26. The van der Waals surface area contributed by atoms with Crippen molar-refractivity contribution in [2.45, 2.75) is 39.2 Å². The van der Waals surface area contributed by atoms with E-state index in [0.717, 1.165) is 18.4 Å². The highest BCUT2D eigenvalue weighted by Gasteiger charge is 2.30. The number of halogens is 1. The fourth-order valence-electron chi connectivity index (χ4n) is 2.35. The van der Waals surface area contributed by atoms with E-state index in [1.165, 1.54) is 6.07 Å². The maximum Gasteiger partial charge on any atom is 0.261 e. The Hall–Kier alpha value is -1.62. The lowest BCUT2D eigenvalue weighted by Crippen LogP contribution is -2.38. The molecule has 2 rings (SSSR count). The maximum absolute atomic E-state index is 13.5. The van der Waals surface area contributed by atoms with Gasteiger partial charge in [0.2, 0.25) is 0 Å². The Balaban J connectivity index is 1.78. The lowest BCUT2D eigenvalue weighted by atomic mass is 9.89. The first-order valence-electron chi connectivity index (χ1n) is 7.25. The van der Waals surface area contributed by atoms with Gasteiger partial charge >= 0.3 is 0 Å². The summed E-state index contributed by atoms with van der Waals surface area (Å²) in [6, 6.07) is 4.72. The molecule has 0 fully saturated rings. The van der Waals surface area contributed by atoms with E-state index in [-0.39, 0.29) is 23.7 Å². The summed E-state index contributed by atoms with van der Waals surface area (Å²) in [4.78, 5) is 12.0. The predicted octanol–water partition coefficient (Wildman–Crippen LogP) is 2.04. The minimum absolute atomic E-state index is 0.126. The molecular formula is C16H22FNO3. The number of ether oxygens (including phenoxy) is 1. The zero-order valence-corrected chi connectivity index (χ0v) is 12.5. The van der Waals surface area contributed by atoms with Gasteiger partial charge in [-0.1, -0.05) is 26.0 Å². The van der Waals surface area contributed by atoms with E-state index in [1.807, 2.05) is 13.8 Å². The topological polar surface area (TPSA) is 58.6 Å². The van der Waals surface area contributed by atoms with Gasteiger partial charge in [-0.2, -0.15) is 0 Å². The highest BCUT2D eigenvalue weighted by Crippen LogP contribution is 2.31. The lowest BCUT2D eigenvalue weighted by Gasteiger charge is -2.21. The zero-order chi connectivity index (χ0) is 15.5. The molecule has 5 heteroatoms. The Morgan fingerprint density at radius 2 is 2.29 bits per heavy atom. The fourth-order valence-corrected chi connectivity index (χ4v) is 2.35. The average Bonchev–Trinajstić information content (AvgIpc) is 2.89. The molecule has 0 unspecified atom stereocenters. The Bertz CT molecular complexity index is 516. The molecule has 0 aromatic heterocycles. The molecule has 1 amide bonds. The minimum atomic E-state index is -0.650. The van der Waals surface area contributed by atoms with Gasteiger partial charge in [-0.25, -0.2) is 4.39 Å². The number of hydrogen-bond donors (Lipinski definition) is 2. The van der Waals surface area contributed by atoms with Gasteiger partial charge in [-0.05, 0) is 24.3 Å². The summed E-state index contributed by atoms with van der Waals surface area (Å²) in [5.74, 6) is -0.445. The number of carbonyl (C=O) groups is 1. The van der Waals surface area contributed by atoms with Crippen LogP contribution in [-0.4, -0.2) is 30.3 Å². The van der Waals surface area contributed by atoms with Gasteiger partial charge in [0.25, 0.3) is 5.91 Å². The van der Waals surface area contributed by atoms with E-state index >= 15 is 0 Å². The Labute approximate surface area is 124 Å². The van der Waals surface area contributed by atoms with Gasteiger partial charge in [0.05, 0.1) is 0 Å². The van der Waals surface area contributed by atoms with Crippen LogP contribution in [0.2, 0.25) is 0 Å². The molecule has 1 aromatic carbocycles. The quantitative estimate of drug-likeness (QED) is 0.790. The molecule has 0 radical (unpaired) electrons. The molecule has 1 heterocycles. The monoisotopic (exact) mass is 295 g/mol. The maximum atomic E-state index is 13.5. The van der Waals surface area contributed by atoms with Gasteiger partial charge in [0, 0.05) is 25.1 Å². The summed E-state index contributed by atoms with van der Waals surface area (Å²) in [5.41, 5.74) is 0.602. The third kappa shape index (κ3) is 3.94. The number of aliphatic hydroxyl groups excluding tert-OH is 1. The van der Waals surface area contributed by atoms with E-state index in [0.29, 0.717) is 13.0 Å². The third-order valence-corrected chi connectivity index (χ3v) is 3.76. The number of amides is 1. The van der Waals surface area contributed by atoms with E-state index in [1.54, 1.807) is 12.1 Å². The Kier molecular flexibility index (Phi) is 4.83. The van der Waals surface area contributed by atoms with Crippen LogP contribution in [0.4, 0.5) is 4.39 Å². The van der Waals surface area contributed by atoms with Crippen molar-refractivity contribution in [1.82, 2.24) is 5.32 Å². The number of fused-ring (bicyclic) bond motifs is 1. The molecule has 1 aromatic rings. The van der Waals surface area contributed by atoms with Crippen molar-refractivity contribution in [2.75, 3.05) is 13.2 Å². The SMILES string of the molecule is CC(C)(CO)CCCNC(=O)[C@@H]1Cc2cccc(F)c2O1. The van der Waals surface area contributed by atoms with E-state index < -0.39 is 11.9 Å².